The molecule has 3 N–H and O–H groups in total. The van der Waals surface area contributed by atoms with Crippen molar-refractivity contribution in [2.24, 2.45) is 0 Å². The van der Waals surface area contributed by atoms with E-state index in [0.717, 1.165) is 0 Å². The van der Waals surface area contributed by atoms with E-state index in [2.05, 4.69) is 26.6 Å². The third-order valence-corrected chi connectivity index (χ3v) is 2.79. The average molecular weight is 301 g/mol. The fourth-order valence-electron chi connectivity index (χ4n) is 1.18. The van der Waals surface area contributed by atoms with Crippen LogP contribution in [0.15, 0.2) is 22.7 Å². The topological polar surface area (TPSA) is 78.4 Å². The maximum Gasteiger partial charge on any atom is 0.337 e. The Hall–Kier alpha value is -1.40. The number of carbonyl (C=O) groups is 2. The van der Waals surface area contributed by atoms with Crippen molar-refractivity contribution in [3.8, 4) is 0 Å². The van der Waals surface area contributed by atoms with Gasteiger partial charge in [-0.15, -0.1) is 0 Å². The van der Waals surface area contributed by atoms with Crippen molar-refractivity contribution in [2.45, 2.75) is 13.0 Å². The Balaban J connectivity index is 3.00. The van der Waals surface area contributed by atoms with Crippen LogP contribution in [-0.4, -0.2) is 30.1 Å². The Morgan fingerprint density at radius 1 is 1.41 bits per heavy atom. The third kappa shape index (κ3) is 3.54. The van der Waals surface area contributed by atoms with Crippen LogP contribution < -0.4 is 10.6 Å². The predicted molar refractivity (Wildman–Crippen MR) is 68.3 cm³/mol. The molecule has 0 aliphatic carbocycles. The van der Waals surface area contributed by atoms with Crippen molar-refractivity contribution in [3.05, 3.63) is 28.2 Å². The van der Waals surface area contributed by atoms with Gasteiger partial charge < -0.3 is 15.7 Å². The van der Waals surface area contributed by atoms with Gasteiger partial charge in [0.25, 0.3) is 0 Å². The number of aromatic carboxylic acids is 1. The summed E-state index contributed by atoms with van der Waals surface area (Å²) in [5, 5.41) is 14.3. The molecule has 0 saturated heterocycles. The van der Waals surface area contributed by atoms with Crippen LogP contribution in [0.5, 0.6) is 0 Å². The highest BCUT2D eigenvalue weighted by Gasteiger charge is 2.15. The second-order valence-corrected chi connectivity index (χ2v) is 4.41. The fraction of sp³-hybridized carbons (Fsp3) is 0.273. The van der Waals surface area contributed by atoms with Gasteiger partial charge in [-0.1, -0.05) is 15.9 Å². The molecule has 1 unspecified atom stereocenters. The van der Waals surface area contributed by atoms with E-state index in [1.807, 2.05) is 0 Å². The number of likely N-dealkylation sites (N-methyl/N-ethyl adjacent to an activating group) is 1. The molecule has 0 heterocycles. The first-order valence-electron chi connectivity index (χ1n) is 4.96. The van der Waals surface area contributed by atoms with Gasteiger partial charge >= 0.3 is 5.97 Å². The van der Waals surface area contributed by atoms with E-state index in [1.165, 1.54) is 6.07 Å². The van der Waals surface area contributed by atoms with Gasteiger partial charge in [-0.3, -0.25) is 4.79 Å². The number of halogens is 1. The molecule has 0 spiro atoms. The molecule has 0 radical (unpaired) electrons. The Morgan fingerprint density at radius 3 is 2.59 bits per heavy atom. The molecule has 1 amide bonds. The standard InChI is InChI=1S/C11H13BrN2O3/c1-6(13-2)10(15)14-9-5-7(12)3-4-8(9)11(16)17/h3-6,13H,1-2H3,(H,14,15)(H,16,17). The number of hydrogen-bond donors (Lipinski definition) is 3. The lowest BCUT2D eigenvalue weighted by Crippen LogP contribution is -2.35. The number of anilines is 1. The first-order chi connectivity index (χ1) is 7.95. The van der Waals surface area contributed by atoms with Crippen LogP contribution in [0.4, 0.5) is 5.69 Å². The molecule has 0 aliphatic heterocycles. The Kier molecular flexibility index (Phi) is 4.65. The highest BCUT2D eigenvalue weighted by atomic mass is 79.9. The van der Waals surface area contributed by atoms with Crippen molar-refractivity contribution >= 4 is 33.5 Å². The second-order valence-electron chi connectivity index (χ2n) is 3.49. The van der Waals surface area contributed by atoms with E-state index in [9.17, 15) is 9.59 Å². The highest BCUT2D eigenvalue weighted by Crippen LogP contribution is 2.21. The molecule has 1 rings (SSSR count). The molecule has 1 aromatic rings. The molecular weight excluding hydrogens is 288 g/mol. The van der Waals surface area contributed by atoms with Crippen molar-refractivity contribution in [1.82, 2.24) is 5.32 Å². The van der Waals surface area contributed by atoms with Crippen LogP contribution in [0.1, 0.15) is 17.3 Å². The fourth-order valence-corrected chi connectivity index (χ4v) is 1.54. The van der Waals surface area contributed by atoms with E-state index in [-0.39, 0.29) is 17.2 Å². The molecular formula is C11H13BrN2O3. The molecule has 0 bridgehead atoms. The number of hydrogen-bond acceptors (Lipinski definition) is 3. The largest absolute Gasteiger partial charge is 0.478 e. The Labute approximate surface area is 107 Å². The van der Waals surface area contributed by atoms with Crippen LogP contribution >= 0.6 is 15.9 Å². The summed E-state index contributed by atoms with van der Waals surface area (Å²) in [5.41, 5.74) is 0.337. The lowest BCUT2D eigenvalue weighted by Gasteiger charge is -2.13. The smallest absolute Gasteiger partial charge is 0.337 e. The summed E-state index contributed by atoms with van der Waals surface area (Å²) < 4.78 is 0.704. The summed E-state index contributed by atoms with van der Waals surface area (Å²) in [7, 11) is 1.66. The third-order valence-electron chi connectivity index (χ3n) is 2.30. The molecule has 1 aromatic carbocycles. The van der Waals surface area contributed by atoms with E-state index in [0.29, 0.717) is 4.47 Å². The Morgan fingerprint density at radius 2 is 2.06 bits per heavy atom. The quantitative estimate of drug-likeness (QED) is 0.791. The van der Waals surface area contributed by atoms with E-state index in [4.69, 9.17) is 5.11 Å². The van der Waals surface area contributed by atoms with Gasteiger partial charge in [0.2, 0.25) is 5.91 Å². The summed E-state index contributed by atoms with van der Waals surface area (Å²) >= 11 is 3.23. The number of rotatable bonds is 4. The minimum Gasteiger partial charge on any atom is -0.478 e. The van der Waals surface area contributed by atoms with Crippen LogP contribution in [-0.2, 0) is 4.79 Å². The van der Waals surface area contributed by atoms with E-state index < -0.39 is 12.0 Å². The van der Waals surface area contributed by atoms with Gasteiger partial charge in [0.05, 0.1) is 17.3 Å². The minimum atomic E-state index is -1.08. The summed E-state index contributed by atoms with van der Waals surface area (Å²) in [6.07, 6.45) is 0. The number of nitrogens with one attached hydrogen (secondary N) is 2. The van der Waals surface area contributed by atoms with Crippen molar-refractivity contribution < 1.29 is 14.7 Å². The molecule has 5 nitrogen and oxygen atoms in total. The number of amides is 1. The van der Waals surface area contributed by atoms with Gasteiger partial charge in [-0.05, 0) is 32.2 Å². The average Bonchev–Trinajstić information content (AvgIpc) is 2.27. The van der Waals surface area contributed by atoms with Crippen molar-refractivity contribution in [2.75, 3.05) is 12.4 Å². The molecule has 1 atom stereocenters. The van der Waals surface area contributed by atoms with E-state index in [1.54, 1.807) is 26.1 Å². The Bertz CT molecular complexity index is 448. The summed E-state index contributed by atoms with van der Waals surface area (Å²) in [4.78, 5) is 22.6. The molecule has 0 aliphatic rings. The normalized spacial score (nSPS) is 11.9. The van der Waals surface area contributed by atoms with Gasteiger partial charge in [-0.25, -0.2) is 4.79 Å². The summed E-state index contributed by atoms with van der Waals surface area (Å²) in [5.74, 6) is -1.36. The first-order valence-corrected chi connectivity index (χ1v) is 5.76. The maximum absolute atomic E-state index is 11.6. The SMILES string of the molecule is CNC(C)C(=O)Nc1cc(Br)ccc1C(=O)O. The van der Waals surface area contributed by atoms with Gasteiger partial charge in [0, 0.05) is 4.47 Å². The van der Waals surface area contributed by atoms with Gasteiger partial charge in [0.1, 0.15) is 0 Å². The number of carboxylic acid groups (broad SMARTS) is 1. The summed E-state index contributed by atoms with van der Waals surface area (Å²) in [6, 6.07) is 4.21. The van der Waals surface area contributed by atoms with Gasteiger partial charge in [0.15, 0.2) is 0 Å². The second kappa shape index (κ2) is 5.79. The van der Waals surface area contributed by atoms with Gasteiger partial charge in [-0.2, -0.15) is 0 Å². The molecule has 0 saturated carbocycles. The predicted octanol–water partition coefficient (Wildman–Crippen LogP) is 1.69. The summed E-state index contributed by atoms with van der Waals surface area (Å²) in [6.45, 7) is 1.69. The number of carbonyl (C=O) groups excluding carboxylic acids is 1. The van der Waals surface area contributed by atoms with E-state index >= 15 is 0 Å². The first kappa shape index (κ1) is 13.7. The van der Waals surface area contributed by atoms with Crippen molar-refractivity contribution in [1.29, 1.82) is 0 Å². The number of carboxylic acids is 1. The zero-order chi connectivity index (χ0) is 13.0. The molecule has 6 heteroatoms. The molecule has 92 valence electrons. The zero-order valence-electron chi connectivity index (χ0n) is 9.45. The highest BCUT2D eigenvalue weighted by molar-refractivity contribution is 9.10. The number of benzene rings is 1. The maximum atomic E-state index is 11.6. The van der Waals surface area contributed by atoms with Crippen LogP contribution in [0, 0.1) is 0 Å². The minimum absolute atomic E-state index is 0.0600. The lowest BCUT2D eigenvalue weighted by molar-refractivity contribution is -0.117. The monoisotopic (exact) mass is 300 g/mol. The zero-order valence-corrected chi connectivity index (χ0v) is 11.0. The van der Waals surface area contributed by atoms with Crippen molar-refractivity contribution in [3.63, 3.8) is 0 Å². The van der Waals surface area contributed by atoms with Crippen LogP contribution in [0.3, 0.4) is 0 Å². The molecule has 17 heavy (non-hydrogen) atoms. The molecule has 0 aromatic heterocycles. The van der Waals surface area contributed by atoms with Crippen LogP contribution in [0.2, 0.25) is 0 Å². The molecule has 0 fully saturated rings. The van der Waals surface area contributed by atoms with Crippen LogP contribution in [0.25, 0.3) is 0 Å². The lowest BCUT2D eigenvalue weighted by atomic mass is 10.1.